The Bertz CT molecular complexity index is 959. The van der Waals surface area contributed by atoms with Gasteiger partial charge in [-0.15, -0.1) is 0 Å². The van der Waals surface area contributed by atoms with Gasteiger partial charge in [-0.25, -0.2) is 13.4 Å². The molecule has 0 unspecified atom stereocenters. The molecule has 1 saturated heterocycles. The minimum atomic E-state index is -3.44. The number of amides is 1. The van der Waals surface area contributed by atoms with E-state index in [0.717, 1.165) is 36.8 Å². The first-order valence-corrected chi connectivity index (χ1v) is 11.2. The van der Waals surface area contributed by atoms with Crippen molar-refractivity contribution in [2.75, 3.05) is 18.4 Å². The van der Waals surface area contributed by atoms with Crippen LogP contribution in [0, 0.1) is 5.92 Å². The van der Waals surface area contributed by atoms with Gasteiger partial charge in [0.2, 0.25) is 15.9 Å². The van der Waals surface area contributed by atoms with Gasteiger partial charge in [-0.2, -0.15) is 4.31 Å². The Balaban J connectivity index is 1.56. The Hall–Kier alpha value is -1.77. The quantitative estimate of drug-likeness (QED) is 0.811. The van der Waals surface area contributed by atoms with E-state index in [2.05, 4.69) is 16.4 Å². The number of rotatable bonds is 4. The number of benzene rings is 1. The Morgan fingerprint density at radius 1 is 1.23 bits per heavy atom. The molecular weight excluding hydrogens is 370 g/mol. The highest BCUT2D eigenvalue weighted by Gasteiger charge is 2.27. The molecule has 0 saturated carbocycles. The van der Waals surface area contributed by atoms with Gasteiger partial charge in [0.05, 0.1) is 15.1 Å². The summed E-state index contributed by atoms with van der Waals surface area (Å²) in [6.45, 7) is 1.17. The number of carbonyl (C=O) groups is 1. The van der Waals surface area contributed by atoms with Crippen molar-refractivity contribution in [1.29, 1.82) is 0 Å². The summed E-state index contributed by atoms with van der Waals surface area (Å²) in [6, 6.07) is 4.99. The van der Waals surface area contributed by atoms with Crippen LogP contribution in [-0.2, 0) is 14.8 Å². The van der Waals surface area contributed by atoms with Crippen molar-refractivity contribution in [2.24, 2.45) is 5.92 Å². The Kier molecular flexibility index (Phi) is 4.81. The van der Waals surface area contributed by atoms with Crippen molar-refractivity contribution in [3.63, 3.8) is 0 Å². The molecule has 1 N–H and O–H groups in total. The number of allylic oxidation sites excluding steroid dienone is 2. The van der Waals surface area contributed by atoms with Crippen LogP contribution in [0.25, 0.3) is 10.2 Å². The van der Waals surface area contributed by atoms with E-state index in [-0.39, 0.29) is 11.8 Å². The van der Waals surface area contributed by atoms with Crippen LogP contribution in [0.5, 0.6) is 0 Å². The summed E-state index contributed by atoms with van der Waals surface area (Å²) in [5.41, 5.74) is 0.703. The van der Waals surface area contributed by atoms with Crippen molar-refractivity contribution in [3.05, 3.63) is 30.4 Å². The Morgan fingerprint density at radius 3 is 2.77 bits per heavy atom. The number of fused-ring (bicyclic) bond motifs is 1. The van der Waals surface area contributed by atoms with E-state index in [1.807, 2.05) is 6.08 Å². The maximum atomic E-state index is 12.7. The topological polar surface area (TPSA) is 79.4 Å². The molecule has 138 valence electrons. The van der Waals surface area contributed by atoms with Crippen LogP contribution in [0.3, 0.4) is 0 Å². The van der Waals surface area contributed by atoms with E-state index in [9.17, 15) is 13.2 Å². The zero-order valence-electron chi connectivity index (χ0n) is 14.3. The Morgan fingerprint density at radius 2 is 2.04 bits per heavy atom. The molecule has 1 amide bonds. The second kappa shape index (κ2) is 7.09. The fourth-order valence-corrected chi connectivity index (χ4v) is 5.96. The molecule has 8 heteroatoms. The zero-order chi connectivity index (χ0) is 18.1. The fourth-order valence-electron chi connectivity index (χ4n) is 3.44. The first-order valence-electron chi connectivity index (χ1n) is 8.91. The van der Waals surface area contributed by atoms with E-state index < -0.39 is 10.0 Å². The monoisotopic (exact) mass is 391 g/mol. The molecule has 4 rings (SSSR count). The van der Waals surface area contributed by atoms with Crippen molar-refractivity contribution >= 4 is 42.6 Å². The molecule has 26 heavy (non-hydrogen) atoms. The second-order valence-electron chi connectivity index (χ2n) is 6.73. The molecule has 0 bridgehead atoms. The molecule has 2 heterocycles. The molecule has 1 aliphatic heterocycles. The van der Waals surface area contributed by atoms with E-state index >= 15 is 0 Å². The molecule has 1 atom stereocenters. The van der Waals surface area contributed by atoms with Crippen LogP contribution in [0.15, 0.2) is 35.2 Å². The van der Waals surface area contributed by atoms with Crippen molar-refractivity contribution in [3.8, 4) is 0 Å². The van der Waals surface area contributed by atoms with Gasteiger partial charge in [-0.1, -0.05) is 23.5 Å². The van der Waals surface area contributed by atoms with Crippen molar-refractivity contribution in [2.45, 2.75) is 37.0 Å². The van der Waals surface area contributed by atoms with Gasteiger partial charge in [-0.05, 0) is 50.3 Å². The van der Waals surface area contributed by atoms with E-state index in [1.165, 1.54) is 15.6 Å². The average Bonchev–Trinajstić information content (AvgIpc) is 3.31. The highest BCUT2D eigenvalue weighted by Crippen LogP contribution is 2.31. The number of sulfonamides is 1. The van der Waals surface area contributed by atoms with Gasteiger partial charge in [0.1, 0.15) is 0 Å². The van der Waals surface area contributed by atoms with Crippen LogP contribution in [0.2, 0.25) is 0 Å². The number of hydrogen-bond donors (Lipinski definition) is 1. The lowest BCUT2D eigenvalue weighted by Gasteiger charge is -2.15. The fraction of sp³-hybridized carbons (Fsp3) is 0.444. The maximum Gasteiger partial charge on any atom is 0.243 e. The Labute approximate surface area is 157 Å². The smallest absolute Gasteiger partial charge is 0.243 e. The third-order valence-corrected chi connectivity index (χ3v) is 7.76. The van der Waals surface area contributed by atoms with Crippen LogP contribution in [-0.4, -0.2) is 36.7 Å². The number of nitrogens with zero attached hydrogens (tertiary/aromatic N) is 2. The van der Waals surface area contributed by atoms with Gasteiger partial charge < -0.3 is 5.32 Å². The van der Waals surface area contributed by atoms with E-state index in [4.69, 9.17) is 0 Å². The standard InChI is InChI=1S/C18H21N3O3S2/c22-17(13-6-2-1-3-7-13)20-18-19-15-9-8-14(12-16(15)25-18)26(23,24)21-10-4-5-11-21/h1-2,8-9,12-13H,3-7,10-11H2,(H,19,20,22)/t13-/m1/s1. The number of nitrogens with one attached hydrogen (secondary N) is 1. The van der Waals surface area contributed by atoms with Gasteiger partial charge in [0, 0.05) is 19.0 Å². The molecule has 2 aliphatic rings. The van der Waals surface area contributed by atoms with Gasteiger partial charge >= 0.3 is 0 Å². The first kappa shape index (κ1) is 17.6. The maximum absolute atomic E-state index is 12.7. The largest absolute Gasteiger partial charge is 0.302 e. The van der Waals surface area contributed by atoms with E-state index in [0.29, 0.717) is 28.6 Å². The summed E-state index contributed by atoms with van der Waals surface area (Å²) >= 11 is 1.32. The normalized spacial score (nSPS) is 21.3. The molecule has 2 aromatic rings. The SMILES string of the molecule is O=C(Nc1nc2ccc(S(=O)(=O)N3CCCC3)cc2s1)[C@@H]1CC=CCC1. The summed E-state index contributed by atoms with van der Waals surface area (Å²) in [7, 11) is -3.44. The van der Waals surface area contributed by atoms with Gasteiger partial charge in [-0.3, -0.25) is 4.79 Å². The van der Waals surface area contributed by atoms with Crippen LogP contribution in [0.4, 0.5) is 5.13 Å². The third-order valence-electron chi connectivity index (χ3n) is 4.93. The lowest BCUT2D eigenvalue weighted by molar-refractivity contribution is -0.120. The summed E-state index contributed by atoms with van der Waals surface area (Å²) < 4.78 is 27.7. The molecule has 1 aromatic carbocycles. The number of anilines is 1. The minimum Gasteiger partial charge on any atom is -0.302 e. The molecule has 0 spiro atoms. The molecule has 6 nitrogen and oxygen atoms in total. The molecule has 0 radical (unpaired) electrons. The van der Waals surface area contributed by atoms with Crippen LogP contribution < -0.4 is 5.32 Å². The number of aromatic nitrogens is 1. The predicted molar refractivity (Wildman–Crippen MR) is 103 cm³/mol. The van der Waals surface area contributed by atoms with Gasteiger partial charge in [0.25, 0.3) is 0 Å². The van der Waals surface area contributed by atoms with Crippen molar-refractivity contribution in [1.82, 2.24) is 9.29 Å². The number of carbonyl (C=O) groups excluding carboxylic acids is 1. The van der Waals surface area contributed by atoms with E-state index in [1.54, 1.807) is 18.2 Å². The lowest BCUT2D eigenvalue weighted by Crippen LogP contribution is -2.27. The summed E-state index contributed by atoms with van der Waals surface area (Å²) in [5.74, 6) is -0.0311. The lowest BCUT2D eigenvalue weighted by atomic mass is 9.94. The zero-order valence-corrected chi connectivity index (χ0v) is 16.0. The van der Waals surface area contributed by atoms with Gasteiger partial charge in [0.15, 0.2) is 5.13 Å². The highest BCUT2D eigenvalue weighted by atomic mass is 32.2. The molecule has 1 aliphatic carbocycles. The van der Waals surface area contributed by atoms with Crippen LogP contribution in [0.1, 0.15) is 32.1 Å². The van der Waals surface area contributed by atoms with Crippen LogP contribution >= 0.6 is 11.3 Å². The third kappa shape index (κ3) is 3.41. The predicted octanol–water partition coefficient (Wildman–Crippen LogP) is 3.38. The molecular formula is C18H21N3O3S2. The summed E-state index contributed by atoms with van der Waals surface area (Å²) in [4.78, 5) is 17.1. The summed E-state index contributed by atoms with van der Waals surface area (Å²) in [5, 5.41) is 3.41. The average molecular weight is 392 g/mol. The second-order valence-corrected chi connectivity index (χ2v) is 9.70. The molecule has 1 aromatic heterocycles. The van der Waals surface area contributed by atoms with Crippen molar-refractivity contribution < 1.29 is 13.2 Å². The first-order chi connectivity index (χ1) is 12.5. The number of thiazole rings is 1. The minimum absolute atomic E-state index is 0.0154. The number of hydrogen-bond acceptors (Lipinski definition) is 5. The molecule has 1 fully saturated rings. The highest BCUT2D eigenvalue weighted by molar-refractivity contribution is 7.89. The summed E-state index contributed by atoms with van der Waals surface area (Å²) in [6.07, 6.45) is 8.50.